The molecule has 0 N–H and O–H groups in total. The molecule has 2 aromatic carbocycles. The van der Waals surface area contributed by atoms with Crippen LogP contribution in [0, 0.1) is 0 Å². The molecule has 28 heavy (non-hydrogen) atoms. The Kier molecular flexibility index (Phi) is 6.49. The van der Waals surface area contributed by atoms with Crippen molar-refractivity contribution in [2.75, 3.05) is 11.5 Å². The van der Waals surface area contributed by atoms with Crippen LogP contribution in [0.2, 0.25) is 5.02 Å². The topological polar surface area (TPSA) is 46.6 Å². The van der Waals surface area contributed by atoms with E-state index < -0.39 is 5.97 Å². The van der Waals surface area contributed by atoms with E-state index in [1.807, 2.05) is 68.4 Å². The lowest BCUT2D eigenvalue weighted by atomic mass is 10.2. The normalized spacial score (nSPS) is 11.3. The molecule has 0 atom stereocenters. The molecule has 3 aromatic rings. The molecule has 0 bridgehead atoms. The summed E-state index contributed by atoms with van der Waals surface area (Å²) in [5.74, 6) is -0.860. The number of para-hydroxylation sites is 1. The molecule has 0 unspecified atom stereocenters. The molecular formula is C22H20ClNO3S. The second kappa shape index (κ2) is 9.04. The number of hydrogen-bond acceptors (Lipinski definition) is 4. The zero-order chi connectivity index (χ0) is 20.1. The minimum atomic E-state index is -0.585. The van der Waals surface area contributed by atoms with E-state index in [1.54, 1.807) is 11.0 Å². The standard InChI is InChI=1S/C22H20ClNO3S/c1-15(2)24(16-8-4-3-5-9-16)20(25)14-27-21(26)13-12-19-22(23)17-10-6-7-11-18(17)28-19/h3-13,15H,14H2,1-2H3/b13-12+. The van der Waals surface area contributed by atoms with Gasteiger partial charge in [0.2, 0.25) is 0 Å². The Balaban J connectivity index is 1.63. The minimum Gasteiger partial charge on any atom is -0.452 e. The number of anilines is 1. The summed E-state index contributed by atoms with van der Waals surface area (Å²) in [5, 5.41) is 1.56. The number of amides is 1. The Morgan fingerprint density at radius 2 is 1.79 bits per heavy atom. The van der Waals surface area contributed by atoms with E-state index in [2.05, 4.69) is 0 Å². The fourth-order valence-corrected chi connectivity index (χ4v) is 4.25. The van der Waals surface area contributed by atoms with Gasteiger partial charge in [0.1, 0.15) is 0 Å². The van der Waals surface area contributed by atoms with Gasteiger partial charge in [0.05, 0.1) is 5.02 Å². The highest BCUT2D eigenvalue weighted by Gasteiger charge is 2.20. The van der Waals surface area contributed by atoms with Crippen LogP contribution in [0.1, 0.15) is 18.7 Å². The third-order valence-electron chi connectivity index (χ3n) is 4.09. The van der Waals surface area contributed by atoms with Crippen molar-refractivity contribution in [3.05, 3.63) is 70.6 Å². The second-order valence-electron chi connectivity index (χ2n) is 6.41. The lowest BCUT2D eigenvalue weighted by Crippen LogP contribution is -2.39. The monoisotopic (exact) mass is 413 g/mol. The molecule has 0 aliphatic rings. The lowest BCUT2D eigenvalue weighted by Gasteiger charge is -2.26. The minimum absolute atomic E-state index is 0.0542. The van der Waals surface area contributed by atoms with Gasteiger partial charge in [-0.1, -0.05) is 48.0 Å². The molecule has 6 heteroatoms. The van der Waals surface area contributed by atoms with E-state index in [4.69, 9.17) is 16.3 Å². The molecule has 0 radical (unpaired) electrons. The average molecular weight is 414 g/mol. The van der Waals surface area contributed by atoms with Gasteiger partial charge in [-0.15, -0.1) is 11.3 Å². The van der Waals surface area contributed by atoms with Crippen LogP contribution in [-0.2, 0) is 14.3 Å². The lowest BCUT2D eigenvalue weighted by molar-refractivity contribution is -0.143. The van der Waals surface area contributed by atoms with Crippen LogP contribution in [0.25, 0.3) is 16.2 Å². The van der Waals surface area contributed by atoms with Gasteiger partial charge in [-0.3, -0.25) is 4.79 Å². The van der Waals surface area contributed by atoms with Gasteiger partial charge in [-0.25, -0.2) is 4.79 Å². The van der Waals surface area contributed by atoms with E-state index >= 15 is 0 Å². The van der Waals surface area contributed by atoms with Crippen molar-refractivity contribution in [2.45, 2.75) is 19.9 Å². The van der Waals surface area contributed by atoms with Crippen molar-refractivity contribution in [2.24, 2.45) is 0 Å². The molecule has 0 saturated heterocycles. The van der Waals surface area contributed by atoms with E-state index in [-0.39, 0.29) is 18.6 Å². The highest BCUT2D eigenvalue weighted by atomic mass is 35.5. The van der Waals surface area contributed by atoms with Crippen molar-refractivity contribution in [1.29, 1.82) is 0 Å². The maximum Gasteiger partial charge on any atom is 0.331 e. The van der Waals surface area contributed by atoms with Crippen LogP contribution < -0.4 is 4.90 Å². The highest BCUT2D eigenvalue weighted by molar-refractivity contribution is 7.20. The van der Waals surface area contributed by atoms with Crippen LogP contribution in [0.5, 0.6) is 0 Å². The smallest absolute Gasteiger partial charge is 0.331 e. The Labute approximate surface area is 173 Å². The van der Waals surface area contributed by atoms with Crippen LogP contribution in [0.15, 0.2) is 60.7 Å². The SMILES string of the molecule is CC(C)N(C(=O)COC(=O)/C=C/c1sc2ccccc2c1Cl)c1ccccc1. The number of hydrogen-bond donors (Lipinski definition) is 0. The Morgan fingerprint density at radius 1 is 1.11 bits per heavy atom. The third-order valence-corrected chi connectivity index (χ3v) is 5.74. The number of benzene rings is 2. The van der Waals surface area contributed by atoms with E-state index in [1.165, 1.54) is 17.4 Å². The Bertz CT molecular complexity index is 1010. The first-order valence-electron chi connectivity index (χ1n) is 8.86. The number of esters is 1. The third kappa shape index (κ3) is 4.61. The Morgan fingerprint density at radius 3 is 2.46 bits per heavy atom. The maximum absolute atomic E-state index is 12.5. The number of carbonyl (C=O) groups excluding carboxylic acids is 2. The summed E-state index contributed by atoms with van der Waals surface area (Å²) >= 11 is 7.85. The molecule has 0 spiro atoms. The quantitative estimate of drug-likeness (QED) is 0.393. The molecule has 1 amide bonds. The largest absolute Gasteiger partial charge is 0.452 e. The Hall–Kier alpha value is -2.63. The number of halogens is 1. The first kappa shape index (κ1) is 20.1. The summed E-state index contributed by atoms with van der Waals surface area (Å²) in [5.41, 5.74) is 0.770. The predicted octanol–water partition coefficient (Wildman–Crippen LogP) is 5.55. The molecule has 0 aliphatic heterocycles. The van der Waals surface area contributed by atoms with Crippen LogP contribution in [0.4, 0.5) is 5.69 Å². The molecular weight excluding hydrogens is 394 g/mol. The van der Waals surface area contributed by atoms with E-state index in [9.17, 15) is 9.59 Å². The molecule has 1 heterocycles. The number of fused-ring (bicyclic) bond motifs is 1. The fraction of sp³-hybridized carbons (Fsp3) is 0.182. The van der Waals surface area contributed by atoms with Gasteiger partial charge in [0, 0.05) is 32.8 Å². The molecule has 0 saturated carbocycles. The summed E-state index contributed by atoms with van der Waals surface area (Å²) in [6.45, 7) is 3.50. The van der Waals surface area contributed by atoms with Crippen LogP contribution in [-0.4, -0.2) is 24.5 Å². The van der Waals surface area contributed by atoms with Gasteiger partial charge in [0.25, 0.3) is 5.91 Å². The zero-order valence-corrected chi connectivity index (χ0v) is 17.2. The number of nitrogens with zero attached hydrogens (tertiary/aromatic N) is 1. The molecule has 0 aliphatic carbocycles. The van der Waals surface area contributed by atoms with Crippen LogP contribution in [0.3, 0.4) is 0 Å². The predicted molar refractivity (Wildman–Crippen MR) is 116 cm³/mol. The summed E-state index contributed by atoms with van der Waals surface area (Å²) in [4.78, 5) is 27.0. The summed E-state index contributed by atoms with van der Waals surface area (Å²) in [7, 11) is 0. The number of carbonyl (C=O) groups is 2. The van der Waals surface area contributed by atoms with Crippen molar-refractivity contribution in [3.8, 4) is 0 Å². The number of thiophene rings is 1. The van der Waals surface area contributed by atoms with Crippen molar-refractivity contribution in [1.82, 2.24) is 0 Å². The van der Waals surface area contributed by atoms with Crippen molar-refractivity contribution < 1.29 is 14.3 Å². The summed E-state index contributed by atoms with van der Waals surface area (Å²) in [6, 6.07) is 17.0. The van der Waals surface area contributed by atoms with E-state index in [0.29, 0.717) is 5.02 Å². The molecule has 144 valence electrons. The summed E-state index contributed by atoms with van der Waals surface area (Å²) in [6.07, 6.45) is 2.92. The van der Waals surface area contributed by atoms with Crippen molar-refractivity contribution >= 4 is 56.7 Å². The van der Waals surface area contributed by atoms with Gasteiger partial charge < -0.3 is 9.64 Å². The number of rotatable bonds is 6. The average Bonchev–Trinajstić information content (AvgIpc) is 3.01. The van der Waals surface area contributed by atoms with E-state index in [0.717, 1.165) is 20.7 Å². The highest BCUT2D eigenvalue weighted by Crippen LogP contribution is 2.35. The fourth-order valence-electron chi connectivity index (χ4n) is 2.85. The van der Waals surface area contributed by atoms with Gasteiger partial charge in [-0.2, -0.15) is 0 Å². The first-order chi connectivity index (χ1) is 13.5. The molecule has 4 nitrogen and oxygen atoms in total. The van der Waals surface area contributed by atoms with Crippen LogP contribution >= 0.6 is 22.9 Å². The van der Waals surface area contributed by atoms with Gasteiger partial charge >= 0.3 is 5.97 Å². The number of ether oxygens (including phenoxy) is 1. The zero-order valence-electron chi connectivity index (χ0n) is 15.6. The molecule has 3 rings (SSSR count). The van der Waals surface area contributed by atoms with Gasteiger partial charge in [-0.05, 0) is 38.1 Å². The summed E-state index contributed by atoms with van der Waals surface area (Å²) < 4.78 is 6.18. The van der Waals surface area contributed by atoms with Gasteiger partial charge in [0.15, 0.2) is 6.61 Å². The van der Waals surface area contributed by atoms with Crippen molar-refractivity contribution in [3.63, 3.8) is 0 Å². The second-order valence-corrected chi connectivity index (χ2v) is 7.87. The molecule has 0 fully saturated rings. The first-order valence-corrected chi connectivity index (χ1v) is 10.1. The molecule has 1 aromatic heterocycles. The maximum atomic E-state index is 12.5.